The summed E-state index contributed by atoms with van der Waals surface area (Å²) < 4.78 is 0. The molecule has 2 N–H and O–H groups in total. The van der Waals surface area contributed by atoms with Crippen molar-refractivity contribution in [2.75, 3.05) is 5.32 Å². The normalized spacial score (nSPS) is 10.6. The van der Waals surface area contributed by atoms with E-state index in [-0.39, 0.29) is 0 Å². The molecule has 0 radical (unpaired) electrons. The molecule has 3 aromatic rings. The molecule has 0 bridgehead atoms. The van der Waals surface area contributed by atoms with E-state index in [1.54, 1.807) is 11.3 Å². The van der Waals surface area contributed by atoms with Gasteiger partial charge >= 0.3 is 0 Å². The van der Waals surface area contributed by atoms with Crippen molar-refractivity contribution in [2.45, 2.75) is 13.5 Å². The fourth-order valence-electron chi connectivity index (χ4n) is 1.81. The molecule has 96 valence electrons. The Morgan fingerprint density at radius 3 is 2.95 bits per heavy atom. The molecule has 0 saturated carbocycles. The molecule has 0 aliphatic carbocycles. The van der Waals surface area contributed by atoms with Crippen LogP contribution in [0, 0.1) is 6.92 Å². The molecule has 0 saturated heterocycles. The van der Waals surface area contributed by atoms with Crippen molar-refractivity contribution in [1.82, 2.24) is 20.2 Å². The Morgan fingerprint density at radius 2 is 2.21 bits per heavy atom. The highest BCUT2D eigenvalue weighted by molar-refractivity contribution is 7.09. The molecule has 0 spiro atoms. The highest BCUT2D eigenvalue weighted by Gasteiger charge is 2.08. The van der Waals surface area contributed by atoms with Gasteiger partial charge in [0.05, 0.1) is 12.1 Å². The SMILES string of the molecule is Cc1nc(-c2ccccc2NCc2cncs2)n[nH]1. The van der Waals surface area contributed by atoms with E-state index in [0.717, 1.165) is 23.6 Å². The van der Waals surface area contributed by atoms with Crippen LogP contribution in [-0.2, 0) is 6.54 Å². The molecule has 2 heterocycles. The van der Waals surface area contributed by atoms with Crippen molar-refractivity contribution in [3.8, 4) is 11.4 Å². The topological polar surface area (TPSA) is 66.5 Å². The third-order valence-electron chi connectivity index (χ3n) is 2.70. The van der Waals surface area contributed by atoms with Crippen LogP contribution in [0.15, 0.2) is 36.0 Å². The molecule has 2 aromatic heterocycles. The minimum absolute atomic E-state index is 0.713. The third-order valence-corrected chi connectivity index (χ3v) is 3.48. The first-order valence-corrected chi connectivity index (χ1v) is 6.80. The zero-order valence-electron chi connectivity index (χ0n) is 10.4. The van der Waals surface area contributed by atoms with Gasteiger partial charge in [0.15, 0.2) is 5.82 Å². The minimum Gasteiger partial charge on any atom is -0.379 e. The van der Waals surface area contributed by atoms with Gasteiger partial charge in [0.1, 0.15) is 5.82 Å². The number of H-pyrrole nitrogens is 1. The number of thiazole rings is 1. The quantitative estimate of drug-likeness (QED) is 0.765. The molecule has 5 nitrogen and oxygen atoms in total. The number of nitrogens with one attached hydrogen (secondary N) is 2. The maximum absolute atomic E-state index is 4.37. The lowest BCUT2D eigenvalue weighted by Gasteiger charge is -2.08. The van der Waals surface area contributed by atoms with E-state index in [1.165, 1.54) is 4.88 Å². The standard InChI is InChI=1S/C13H13N5S/c1-9-16-13(18-17-9)11-4-2-3-5-12(11)15-7-10-6-14-8-19-10/h2-6,8,15H,7H2,1H3,(H,16,17,18). The van der Waals surface area contributed by atoms with Crippen LogP contribution in [0.25, 0.3) is 11.4 Å². The Morgan fingerprint density at radius 1 is 1.32 bits per heavy atom. The molecular weight excluding hydrogens is 258 g/mol. The van der Waals surface area contributed by atoms with Gasteiger partial charge in [0, 0.05) is 22.3 Å². The Kier molecular flexibility index (Phi) is 3.24. The lowest BCUT2D eigenvalue weighted by molar-refractivity contribution is 1.04. The van der Waals surface area contributed by atoms with Gasteiger partial charge in [0.25, 0.3) is 0 Å². The van der Waals surface area contributed by atoms with Gasteiger partial charge in [-0.15, -0.1) is 11.3 Å². The summed E-state index contributed by atoms with van der Waals surface area (Å²) in [4.78, 5) is 9.63. The van der Waals surface area contributed by atoms with E-state index in [9.17, 15) is 0 Å². The van der Waals surface area contributed by atoms with Gasteiger partial charge in [-0.3, -0.25) is 10.1 Å². The van der Waals surface area contributed by atoms with E-state index in [1.807, 2.05) is 42.9 Å². The minimum atomic E-state index is 0.713. The maximum Gasteiger partial charge on any atom is 0.183 e. The Bertz CT molecular complexity index is 659. The lowest BCUT2D eigenvalue weighted by Crippen LogP contribution is -1.99. The van der Waals surface area contributed by atoms with Crippen LogP contribution in [0.4, 0.5) is 5.69 Å². The van der Waals surface area contributed by atoms with Crippen LogP contribution < -0.4 is 5.32 Å². The molecule has 3 rings (SSSR count). The number of aromatic nitrogens is 4. The summed E-state index contributed by atoms with van der Waals surface area (Å²) in [5.41, 5.74) is 3.85. The summed E-state index contributed by atoms with van der Waals surface area (Å²) in [7, 11) is 0. The summed E-state index contributed by atoms with van der Waals surface area (Å²) in [6, 6.07) is 8.02. The van der Waals surface area contributed by atoms with Crippen molar-refractivity contribution in [1.29, 1.82) is 0 Å². The summed E-state index contributed by atoms with van der Waals surface area (Å²) in [6.07, 6.45) is 1.87. The highest BCUT2D eigenvalue weighted by Crippen LogP contribution is 2.25. The molecule has 6 heteroatoms. The number of hydrogen-bond donors (Lipinski definition) is 2. The van der Waals surface area contributed by atoms with E-state index in [4.69, 9.17) is 0 Å². The van der Waals surface area contributed by atoms with Crippen molar-refractivity contribution >= 4 is 17.0 Å². The van der Waals surface area contributed by atoms with Crippen LogP contribution in [-0.4, -0.2) is 20.2 Å². The summed E-state index contributed by atoms with van der Waals surface area (Å²) in [5, 5.41) is 10.5. The molecule has 0 aliphatic heterocycles. The van der Waals surface area contributed by atoms with Gasteiger partial charge in [-0.05, 0) is 19.1 Å². The first-order chi connectivity index (χ1) is 9.33. The van der Waals surface area contributed by atoms with Crippen molar-refractivity contribution in [2.24, 2.45) is 0 Å². The van der Waals surface area contributed by atoms with E-state index in [2.05, 4.69) is 25.5 Å². The second-order valence-electron chi connectivity index (χ2n) is 4.11. The summed E-state index contributed by atoms with van der Waals surface area (Å²) >= 11 is 1.64. The number of aryl methyl sites for hydroxylation is 1. The Labute approximate surface area is 114 Å². The zero-order valence-corrected chi connectivity index (χ0v) is 11.2. The largest absolute Gasteiger partial charge is 0.379 e. The number of anilines is 1. The second kappa shape index (κ2) is 5.19. The van der Waals surface area contributed by atoms with Gasteiger partial charge in [-0.1, -0.05) is 12.1 Å². The average Bonchev–Trinajstić information content (AvgIpc) is 3.08. The van der Waals surface area contributed by atoms with Crippen LogP contribution >= 0.6 is 11.3 Å². The number of rotatable bonds is 4. The van der Waals surface area contributed by atoms with Crippen LogP contribution in [0.2, 0.25) is 0 Å². The molecule has 19 heavy (non-hydrogen) atoms. The van der Waals surface area contributed by atoms with Crippen LogP contribution in [0.1, 0.15) is 10.7 Å². The molecule has 1 aromatic carbocycles. The number of aromatic amines is 1. The van der Waals surface area contributed by atoms with Crippen molar-refractivity contribution in [3.63, 3.8) is 0 Å². The van der Waals surface area contributed by atoms with Gasteiger partial charge in [-0.25, -0.2) is 4.98 Å². The first kappa shape index (κ1) is 11.9. The second-order valence-corrected chi connectivity index (χ2v) is 5.08. The summed E-state index contributed by atoms with van der Waals surface area (Å²) in [5.74, 6) is 1.53. The maximum atomic E-state index is 4.37. The van der Waals surface area contributed by atoms with Gasteiger partial charge in [-0.2, -0.15) is 5.10 Å². The predicted molar refractivity (Wildman–Crippen MR) is 76.0 cm³/mol. The molecule has 0 unspecified atom stereocenters. The Hall–Kier alpha value is -2.21. The molecule has 0 fully saturated rings. The fourth-order valence-corrected chi connectivity index (χ4v) is 2.34. The Balaban J connectivity index is 1.85. The van der Waals surface area contributed by atoms with E-state index < -0.39 is 0 Å². The molecular formula is C13H13N5S. The third kappa shape index (κ3) is 2.63. The van der Waals surface area contributed by atoms with Crippen molar-refractivity contribution in [3.05, 3.63) is 46.7 Å². The summed E-state index contributed by atoms with van der Waals surface area (Å²) in [6.45, 7) is 2.65. The first-order valence-electron chi connectivity index (χ1n) is 5.92. The van der Waals surface area contributed by atoms with E-state index >= 15 is 0 Å². The lowest BCUT2D eigenvalue weighted by atomic mass is 10.1. The van der Waals surface area contributed by atoms with Gasteiger partial charge in [0.2, 0.25) is 0 Å². The molecule has 0 amide bonds. The molecule has 0 aliphatic rings. The number of nitrogens with zero attached hydrogens (tertiary/aromatic N) is 3. The zero-order chi connectivity index (χ0) is 13.1. The number of para-hydroxylation sites is 1. The van der Waals surface area contributed by atoms with Crippen LogP contribution in [0.3, 0.4) is 0 Å². The predicted octanol–water partition coefficient (Wildman–Crippen LogP) is 2.85. The van der Waals surface area contributed by atoms with E-state index in [0.29, 0.717) is 5.82 Å². The van der Waals surface area contributed by atoms with Gasteiger partial charge < -0.3 is 5.32 Å². The number of benzene rings is 1. The monoisotopic (exact) mass is 271 g/mol. The smallest absolute Gasteiger partial charge is 0.183 e. The fraction of sp³-hybridized carbons (Fsp3) is 0.154. The molecule has 0 atom stereocenters. The van der Waals surface area contributed by atoms with Crippen LogP contribution in [0.5, 0.6) is 0 Å². The average molecular weight is 271 g/mol. The number of hydrogen-bond acceptors (Lipinski definition) is 5. The highest BCUT2D eigenvalue weighted by atomic mass is 32.1. The van der Waals surface area contributed by atoms with Crippen molar-refractivity contribution < 1.29 is 0 Å².